The predicted molar refractivity (Wildman–Crippen MR) is 83.8 cm³/mol. The van der Waals surface area contributed by atoms with E-state index in [1.165, 1.54) is 38.5 Å². The number of amides is 1. The summed E-state index contributed by atoms with van der Waals surface area (Å²) in [4.78, 5) is 14.7. The SMILES string of the molecule is Cl.NCC1CCN(C(=O)C2CCC3CCCCC3C2)C1. The summed E-state index contributed by atoms with van der Waals surface area (Å²) < 4.78 is 0. The zero-order valence-electron chi connectivity index (χ0n) is 12.4. The molecule has 116 valence electrons. The van der Waals surface area contributed by atoms with E-state index in [1.54, 1.807) is 0 Å². The molecule has 4 heteroatoms. The second-order valence-corrected chi connectivity index (χ2v) is 6.99. The lowest BCUT2D eigenvalue weighted by Gasteiger charge is -2.39. The van der Waals surface area contributed by atoms with Crippen LogP contribution in [0, 0.1) is 23.7 Å². The molecule has 0 aromatic carbocycles. The average Bonchev–Trinajstić information content (AvgIpc) is 2.95. The van der Waals surface area contributed by atoms with Crippen molar-refractivity contribution in [1.82, 2.24) is 4.90 Å². The second-order valence-electron chi connectivity index (χ2n) is 6.99. The first-order valence-electron chi connectivity index (χ1n) is 8.26. The van der Waals surface area contributed by atoms with Crippen LogP contribution < -0.4 is 5.73 Å². The van der Waals surface area contributed by atoms with E-state index in [-0.39, 0.29) is 12.4 Å². The summed E-state index contributed by atoms with van der Waals surface area (Å²) in [5.74, 6) is 3.11. The first-order valence-corrected chi connectivity index (χ1v) is 8.26. The summed E-state index contributed by atoms with van der Waals surface area (Å²) in [6.07, 6.45) is 10.3. The molecule has 0 aromatic heterocycles. The summed E-state index contributed by atoms with van der Waals surface area (Å²) in [5, 5.41) is 0. The Morgan fingerprint density at radius 2 is 1.80 bits per heavy atom. The molecule has 0 spiro atoms. The third kappa shape index (κ3) is 3.30. The van der Waals surface area contributed by atoms with Crippen molar-refractivity contribution in [3.05, 3.63) is 0 Å². The van der Waals surface area contributed by atoms with Crippen molar-refractivity contribution < 1.29 is 4.79 Å². The van der Waals surface area contributed by atoms with E-state index in [4.69, 9.17) is 5.73 Å². The van der Waals surface area contributed by atoms with E-state index in [1.807, 2.05) is 0 Å². The van der Waals surface area contributed by atoms with Gasteiger partial charge in [-0.3, -0.25) is 4.79 Å². The molecule has 1 amide bonds. The fraction of sp³-hybridized carbons (Fsp3) is 0.938. The molecule has 0 bridgehead atoms. The van der Waals surface area contributed by atoms with Gasteiger partial charge in [0.15, 0.2) is 0 Å². The minimum atomic E-state index is 0. The van der Waals surface area contributed by atoms with E-state index in [9.17, 15) is 4.79 Å². The molecule has 0 aromatic rings. The second kappa shape index (κ2) is 7.13. The Kier molecular flexibility index (Phi) is 5.74. The van der Waals surface area contributed by atoms with Crippen molar-refractivity contribution >= 4 is 18.3 Å². The number of fused-ring (bicyclic) bond motifs is 1. The molecule has 2 aliphatic carbocycles. The minimum Gasteiger partial charge on any atom is -0.342 e. The third-order valence-electron chi connectivity index (χ3n) is 5.82. The van der Waals surface area contributed by atoms with E-state index in [0.29, 0.717) is 17.7 Å². The number of nitrogens with zero attached hydrogens (tertiary/aromatic N) is 1. The molecule has 3 fully saturated rings. The van der Waals surface area contributed by atoms with Crippen LogP contribution in [0.4, 0.5) is 0 Å². The molecule has 3 nitrogen and oxygen atoms in total. The molecule has 0 radical (unpaired) electrons. The Morgan fingerprint density at radius 3 is 2.50 bits per heavy atom. The van der Waals surface area contributed by atoms with Crippen LogP contribution in [0.2, 0.25) is 0 Å². The van der Waals surface area contributed by atoms with E-state index in [0.717, 1.165) is 44.3 Å². The molecule has 3 rings (SSSR count). The topological polar surface area (TPSA) is 46.3 Å². The standard InChI is InChI=1S/C16H28N2O.ClH/c17-10-12-7-8-18(11-12)16(19)15-6-5-13-3-1-2-4-14(13)9-15;/h12-15H,1-11,17H2;1H. The van der Waals surface area contributed by atoms with Crippen molar-refractivity contribution in [3.8, 4) is 0 Å². The molecule has 2 saturated carbocycles. The normalized spacial score (nSPS) is 37.1. The Labute approximate surface area is 129 Å². The zero-order valence-corrected chi connectivity index (χ0v) is 13.2. The first kappa shape index (κ1) is 16.1. The van der Waals surface area contributed by atoms with Gasteiger partial charge in [0.1, 0.15) is 0 Å². The molecule has 1 aliphatic heterocycles. The summed E-state index contributed by atoms with van der Waals surface area (Å²) in [6.45, 7) is 2.60. The number of nitrogens with two attached hydrogens (primary N) is 1. The van der Waals surface area contributed by atoms with Gasteiger partial charge in [-0.15, -0.1) is 12.4 Å². The van der Waals surface area contributed by atoms with Gasteiger partial charge in [-0.2, -0.15) is 0 Å². The molecule has 3 aliphatic rings. The van der Waals surface area contributed by atoms with Crippen molar-refractivity contribution in [3.63, 3.8) is 0 Å². The maximum Gasteiger partial charge on any atom is 0.225 e. The fourth-order valence-electron chi connectivity index (χ4n) is 4.58. The quantitative estimate of drug-likeness (QED) is 0.852. The van der Waals surface area contributed by atoms with E-state index >= 15 is 0 Å². The fourth-order valence-corrected chi connectivity index (χ4v) is 4.58. The van der Waals surface area contributed by atoms with Gasteiger partial charge in [0, 0.05) is 19.0 Å². The monoisotopic (exact) mass is 300 g/mol. The Bertz CT molecular complexity index is 336. The number of hydrogen-bond donors (Lipinski definition) is 1. The predicted octanol–water partition coefficient (Wildman–Crippen LogP) is 2.82. The first-order chi connectivity index (χ1) is 9.28. The number of hydrogen-bond acceptors (Lipinski definition) is 2. The number of rotatable bonds is 2. The average molecular weight is 301 g/mol. The molecular formula is C16H29ClN2O. The summed E-state index contributed by atoms with van der Waals surface area (Å²) in [5.41, 5.74) is 5.72. The largest absolute Gasteiger partial charge is 0.342 e. The van der Waals surface area contributed by atoms with Crippen molar-refractivity contribution in [2.75, 3.05) is 19.6 Å². The van der Waals surface area contributed by atoms with Crippen LogP contribution in [0.5, 0.6) is 0 Å². The number of likely N-dealkylation sites (tertiary alicyclic amines) is 1. The highest BCUT2D eigenvalue weighted by Crippen LogP contribution is 2.43. The van der Waals surface area contributed by atoms with Crippen LogP contribution in [0.3, 0.4) is 0 Å². The van der Waals surface area contributed by atoms with Gasteiger partial charge < -0.3 is 10.6 Å². The zero-order chi connectivity index (χ0) is 13.2. The van der Waals surface area contributed by atoms with Crippen molar-refractivity contribution in [1.29, 1.82) is 0 Å². The summed E-state index contributed by atoms with van der Waals surface area (Å²) >= 11 is 0. The molecule has 4 atom stereocenters. The highest BCUT2D eigenvalue weighted by atomic mass is 35.5. The van der Waals surface area contributed by atoms with Gasteiger partial charge in [0.2, 0.25) is 5.91 Å². The van der Waals surface area contributed by atoms with Crippen LogP contribution >= 0.6 is 12.4 Å². The van der Waals surface area contributed by atoms with Gasteiger partial charge >= 0.3 is 0 Å². The number of halogens is 1. The van der Waals surface area contributed by atoms with Gasteiger partial charge in [0.05, 0.1) is 0 Å². The third-order valence-corrected chi connectivity index (χ3v) is 5.82. The van der Waals surface area contributed by atoms with Gasteiger partial charge in [-0.1, -0.05) is 25.7 Å². The van der Waals surface area contributed by atoms with Gasteiger partial charge in [-0.05, 0) is 50.0 Å². The van der Waals surface area contributed by atoms with Crippen LogP contribution in [0.1, 0.15) is 51.4 Å². The lowest BCUT2D eigenvalue weighted by molar-refractivity contribution is -0.137. The van der Waals surface area contributed by atoms with Crippen LogP contribution in [0.25, 0.3) is 0 Å². The molecular weight excluding hydrogens is 272 g/mol. The molecule has 4 unspecified atom stereocenters. The summed E-state index contributed by atoms with van der Waals surface area (Å²) in [7, 11) is 0. The highest BCUT2D eigenvalue weighted by Gasteiger charge is 2.37. The van der Waals surface area contributed by atoms with Crippen molar-refractivity contribution in [2.45, 2.75) is 51.4 Å². The molecule has 1 heterocycles. The Hall–Kier alpha value is -0.280. The van der Waals surface area contributed by atoms with E-state index in [2.05, 4.69) is 4.90 Å². The minimum absolute atomic E-state index is 0. The lowest BCUT2D eigenvalue weighted by atomic mass is 9.67. The smallest absolute Gasteiger partial charge is 0.225 e. The highest BCUT2D eigenvalue weighted by molar-refractivity contribution is 5.85. The summed E-state index contributed by atoms with van der Waals surface area (Å²) in [6, 6.07) is 0. The van der Waals surface area contributed by atoms with Crippen LogP contribution in [-0.4, -0.2) is 30.4 Å². The molecule has 1 saturated heterocycles. The maximum atomic E-state index is 12.6. The van der Waals surface area contributed by atoms with Gasteiger partial charge in [-0.25, -0.2) is 0 Å². The maximum absolute atomic E-state index is 12.6. The number of carbonyl (C=O) groups is 1. The molecule has 20 heavy (non-hydrogen) atoms. The molecule has 2 N–H and O–H groups in total. The van der Waals surface area contributed by atoms with Crippen LogP contribution in [0.15, 0.2) is 0 Å². The Balaban J connectivity index is 0.00000147. The van der Waals surface area contributed by atoms with Gasteiger partial charge in [0.25, 0.3) is 0 Å². The number of carbonyl (C=O) groups excluding carboxylic acids is 1. The Morgan fingerprint density at radius 1 is 1.05 bits per heavy atom. The van der Waals surface area contributed by atoms with E-state index < -0.39 is 0 Å². The van der Waals surface area contributed by atoms with Crippen molar-refractivity contribution in [2.24, 2.45) is 29.4 Å². The van der Waals surface area contributed by atoms with Crippen LogP contribution in [-0.2, 0) is 4.79 Å². The lowest BCUT2D eigenvalue weighted by Crippen LogP contribution is -2.39.